The molecule has 0 spiro atoms. The minimum Gasteiger partial charge on any atom is -0.481 e. The highest BCUT2D eigenvalue weighted by molar-refractivity contribution is 7.99. The van der Waals surface area contributed by atoms with Gasteiger partial charge in [0.15, 0.2) is 5.16 Å². The van der Waals surface area contributed by atoms with E-state index in [0.29, 0.717) is 5.92 Å². The normalized spacial score (nSPS) is 12.4. The first-order valence-electron chi connectivity index (χ1n) is 6.72. The smallest absolute Gasteiger partial charge is 0.313 e. The van der Waals surface area contributed by atoms with E-state index in [0.717, 1.165) is 17.4 Å². The Morgan fingerprint density at radius 1 is 1.50 bits per heavy atom. The summed E-state index contributed by atoms with van der Waals surface area (Å²) in [4.78, 5) is 17.3. The third-order valence-corrected chi connectivity index (χ3v) is 4.50. The van der Waals surface area contributed by atoms with Gasteiger partial charge in [-0.1, -0.05) is 25.6 Å². The zero-order chi connectivity index (χ0) is 15.5. The number of rotatable bonds is 7. The van der Waals surface area contributed by atoms with Gasteiger partial charge in [0, 0.05) is 24.0 Å². The molecule has 1 aromatic heterocycles. The van der Waals surface area contributed by atoms with Crippen LogP contribution in [-0.4, -0.2) is 50.9 Å². The highest BCUT2D eigenvalue weighted by atomic mass is 32.2. The first-order valence-corrected chi connectivity index (χ1v) is 7.71. The summed E-state index contributed by atoms with van der Waals surface area (Å²) >= 11 is 1.28. The molecule has 5 nitrogen and oxygen atoms in total. The lowest BCUT2D eigenvalue weighted by Gasteiger charge is -2.34. The van der Waals surface area contributed by atoms with Gasteiger partial charge in [0.05, 0.1) is 5.75 Å². The van der Waals surface area contributed by atoms with Gasteiger partial charge >= 0.3 is 5.97 Å². The molecule has 0 aromatic carbocycles. The molecule has 0 fully saturated rings. The van der Waals surface area contributed by atoms with Gasteiger partial charge in [-0.2, -0.15) is 0 Å². The van der Waals surface area contributed by atoms with Crippen molar-refractivity contribution in [3.05, 3.63) is 11.9 Å². The Hall–Kier alpha value is -1.01. The molecule has 0 aliphatic carbocycles. The second-order valence-corrected chi connectivity index (χ2v) is 7.04. The third-order valence-electron chi connectivity index (χ3n) is 3.52. The lowest BCUT2D eigenvalue weighted by atomic mass is 10.0. The maximum Gasteiger partial charge on any atom is 0.313 e. The Morgan fingerprint density at radius 2 is 2.10 bits per heavy atom. The Kier molecular flexibility index (Phi) is 5.65. The number of carbonyl (C=O) groups is 1. The summed E-state index contributed by atoms with van der Waals surface area (Å²) in [6, 6.07) is 0. The Labute approximate surface area is 125 Å². The number of carboxylic acids is 1. The predicted molar refractivity (Wildman–Crippen MR) is 82.4 cm³/mol. The molecule has 1 aromatic rings. The molecule has 6 heteroatoms. The van der Waals surface area contributed by atoms with Crippen molar-refractivity contribution >= 4 is 17.7 Å². The van der Waals surface area contributed by atoms with Crippen LogP contribution in [0.5, 0.6) is 0 Å². The Morgan fingerprint density at radius 3 is 2.55 bits per heavy atom. The second kappa shape index (κ2) is 6.63. The van der Waals surface area contributed by atoms with E-state index in [-0.39, 0.29) is 11.3 Å². The van der Waals surface area contributed by atoms with Gasteiger partial charge in [0.1, 0.15) is 0 Å². The number of hydrogen-bond acceptors (Lipinski definition) is 4. The molecule has 0 radical (unpaired) electrons. The van der Waals surface area contributed by atoms with Gasteiger partial charge in [0.25, 0.3) is 0 Å². The van der Waals surface area contributed by atoms with Gasteiger partial charge in [-0.25, -0.2) is 4.98 Å². The van der Waals surface area contributed by atoms with Crippen molar-refractivity contribution in [1.82, 2.24) is 14.5 Å². The SMILES string of the molecule is CC(C)c1cnc(SCC(=O)O)n1CC(C)(C)N(C)C. The third kappa shape index (κ3) is 4.24. The molecule has 0 atom stereocenters. The van der Waals surface area contributed by atoms with Gasteiger partial charge in [-0.3, -0.25) is 4.79 Å². The molecule has 114 valence electrons. The summed E-state index contributed by atoms with van der Waals surface area (Å²) < 4.78 is 2.15. The highest BCUT2D eigenvalue weighted by Gasteiger charge is 2.25. The number of aliphatic carboxylic acids is 1. The zero-order valence-corrected chi connectivity index (χ0v) is 14.0. The molecule has 1 heterocycles. The van der Waals surface area contributed by atoms with E-state index < -0.39 is 5.97 Å². The van der Waals surface area contributed by atoms with Gasteiger partial charge in [-0.15, -0.1) is 0 Å². The number of imidazole rings is 1. The van der Waals surface area contributed by atoms with Crippen molar-refractivity contribution in [1.29, 1.82) is 0 Å². The van der Waals surface area contributed by atoms with Crippen LogP contribution in [0.4, 0.5) is 0 Å². The first-order chi connectivity index (χ1) is 9.15. The topological polar surface area (TPSA) is 58.4 Å². The average Bonchev–Trinajstić information content (AvgIpc) is 2.68. The van der Waals surface area contributed by atoms with E-state index in [1.54, 1.807) is 0 Å². The van der Waals surface area contributed by atoms with E-state index >= 15 is 0 Å². The van der Waals surface area contributed by atoms with E-state index in [1.807, 2.05) is 6.20 Å². The minimum absolute atomic E-state index is 0.0249. The summed E-state index contributed by atoms with van der Waals surface area (Å²) in [5.74, 6) is -0.418. The van der Waals surface area contributed by atoms with E-state index in [4.69, 9.17) is 5.11 Å². The Balaban J connectivity index is 3.06. The van der Waals surface area contributed by atoms with E-state index in [9.17, 15) is 4.79 Å². The fraction of sp³-hybridized carbons (Fsp3) is 0.714. The van der Waals surface area contributed by atoms with E-state index in [1.165, 1.54) is 11.8 Å². The number of likely N-dealkylation sites (N-methyl/N-ethyl adjacent to an activating group) is 1. The number of hydrogen-bond donors (Lipinski definition) is 1. The number of nitrogens with zero attached hydrogens (tertiary/aromatic N) is 3. The predicted octanol–water partition coefficient (Wildman–Crippen LogP) is 2.52. The standard InChI is InChI=1S/C14H25N3O2S/c1-10(2)11-7-15-13(20-8-12(18)19)17(11)9-14(3,4)16(5)6/h7,10H,8-9H2,1-6H3,(H,18,19). The molecule has 0 bridgehead atoms. The molecule has 0 saturated heterocycles. The highest BCUT2D eigenvalue weighted by Crippen LogP contribution is 2.26. The van der Waals surface area contributed by atoms with Crippen molar-refractivity contribution in [3.8, 4) is 0 Å². The Bertz CT molecular complexity index is 467. The van der Waals surface area contributed by atoms with Crippen LogP contribution in [-0.2, 0) is 11.3 Å². The fourth-order valence-electron chi connectivity index (χ4n) is 1.76. The lowest BCUT2D eigenvalue weighted by Crippen LogP contribution is -2.42. The first kappa shape index (κ1) is 17.0. The molecule has 20 heavy (non-hydrogen) atoms. The maximum absolute atomic E-state index is 10.8. The van der Waals surface area contributed by atoms with Crippen LogP contribution < -0.4 is 0 Å². The van der Waals surface area contributed by atoms with Crippen molar-refractivity contribution in [2.75, 3.05) is 19.8 Å². The van der Waals surface area contributed by atoms with Crippen molar-refractivity contribution < 1.29 is 9.90 Å². The molecule has 0 saturated carbocycles. The molecule has 1 N–H and O–H groups in total. The number of aromatic nitrogens is 2. The minimum atomic E-state index is -0.817. The number of carboxylic acid groups (broad SMARTS) is 1. The molecule has 0 aliphatic heterocycles. The lowest BCUT2D eigenvalue weighted by molar-refractivity contribution is -0.133. The quantitative estimate of drug-likeness (QED) is 0.784. The van der Waals surface area contributed by atoms with Crippen molar-refractivity contribution in [2.45, 2.75) is 50.9 Å². The second-order valence-electron chi connectivity index (χ2n) is 6.10. The summed E-state index contributed by atoms with van der Waals surface area (Å²) in [7, 11) is 4.10. The van der Waals surface area contributed by atoms with E-state index in [2.05, 4.69) is 56.2 Å². The molecule has 1 rings (SSSR count). The van der Waals surface area contributed by atoms with Crippen LogP contribution in [0.3, 0.4) is 0 Å². The summed E-state index contributed by atoms with van der Waals surface area (Å²) in [5.41, 5.74) is 1.12. The van der Waals surface area contributed by atoms with Crippen molar-refractivity contribution in [3.63, 3.8) is 0 Å². The largest absolute Gasteiger partial charge is 0.481 e. The van der Waals surface area contributed by atoms with Gasteiger partial charge < -0.3 is 14.6 Å². The summed E-state index contributed by atoms with van der Waals surface area (Å²) in [5, 5.41) is 9.62. The molecule has 0 unspecified atom stereocenters. The molecular formula is C14H25N3O2S. The zero-order valence-electron chi connectivity index (χ0n) is 13.2. The van der Waals surface area contributed by atoms with Crippen molar-refractivity contribution in [2.24, 2.45) is 0 Å². The molecular weight excluding hydrogens is 274 g/mol. The average molecular weight is 299 g/mol. The monoisotopic (exact) mass is 299 g/mol. The molecule has 0 amide bonds. The molecule has 0 aliphatic rings. The summed E-state index contributed by atoms with van der Waals surface area (Å²) in [6.07, 6.45) is 1.86. The number of thioether (sulfide) groups is 1. The van der Waals surface area contributed by atoms with Crippen LogP contribution in [0, 0.1) is 0 Å². The van der Waals surface area contributed by atoms with Gasteiger partial charge in [-0.05, 0) is 33.9 Å². The van der Waals surface area contributed by atoms with Gasteiger partial charge in [0.2, 0.25) is 0 Å². The van der Waals surface area contributed by atoms with Crippen LogP contribution in [0.25, 0.3) is 0 Å². The fourth-order valence-corrected chi connectivity index (χ4v) is 2.47. The summed E-state index contributed by atoms with van der Waals surface area (Å²) in [6.45, 7) is 9.38. The van der Waals surface area contributed by atoms with Crippen LogP contribution >= 0.6 is 11.8 Å². The van der Waals surface area contributed by atoms with Crippen LogP contribution in [0.2, 0.25) is 0 Å². The van der Waals surface area contributed by atoms with Crippen LogP contribution in [0.1, 0.15) is 39.3 Å². The maximum atomic E-state index is 10.8. The van der Waals surface area contributed by atoms with Crippen LogP contribution in [0.15, 0.2) is 11.4 Å².